The van der Waals surface area contributed by atoms with Crippen molar-refractivity contribution in [1.82, 2.24) is 4.98 Å². The molecule has 2 aromatic rings. The first-order valence-corrected chi connectivity index (χ1v) is 4.82. The van der Waals surface area contributed by atoms with Crippen LogP contribution in [0, 0.1) is 6.92 Å². The van der Waals surface area contributed by atoms with Gasteiger partial charge in [0.25, 0.3) is 5.56 Å². The summed E-state index contributed by atoms with van der Waals surface area (Å²) in [6, 6.07) is 5.18. The van der Waals surface area contributed by atoms with Crippen molar-refractivity contribution in [3.8, 4) is 0 Å². The summed E-state index contributed by atoms with van der Waals surface area (Å²) in [7, 11) is 0. The zero-order valence-corrected chi connectivity index (χ0v) is 8.91. The van der Waals surface area contributed by atoms with E-state index in [4.69, 9.17) is 23.2 Å². The van der Waals surface area contributed by atoms with Crippen molar-refractivity contribution in [2.75, 3.05) is 0 Å². The zero-order chi connectivity index (χ0) is 10.3. The van der Waals surface area contributed by atoms with Gasteiger partial charge in [0.1, 0.15) is 0 Å². The van der Waals surface area contributed by atoms with E-state index in [0.29, 0.717) is 21.1 Å². The third-order valence-electron chi connectivity index (χ3n) is 2.07. The number of H-pyrrole nitrogens is 1. The van der Waals surface area contributed by atoms with Crippen LogP contribution in [0.15, 0.2) is 23.0 Å². The summed E-state index contributed by atoms with van der Waals surface area (Å²) in [6.45, 7) is 1.75. The Morgan fingerprint density at radius 2 is 1.79 bits per heavy atom. The molecule has 0 amide bonds. The standard InChI is InChI=1S/C10H7Cl2NO/c1-5-2-6-3-7(11)8(12)4-9(6)13-10(5)14/h2-4H,1H3,(H,13,14). The third-order valence-corrected chi connectivity index (χ3v) is 2.79. The molecule has 0 aliphatic carbocycles. The molecule has 2 rings (SSSR count). The molecule has 0 radical (unpaired) electrons. The fourth-order valence-electron chi connectivity index (χ4n) is 1.31. The monoisotopic (exact) mass is 227 g/mol. The minimum absolute atomic E-state index is 0.101. The van der Waals surface area contributed by atoms with Gasteiger partial charge in [-0.3, -0.25) is 4.79 Å². The Morgan fingerprint density at radius 3 is 2.50 bits per heavy atom. The highest BCUT2D eigenvalue weighted by atomic mass is 35.5. The minimum atomic E-state index is -0.101. The molecular formula is C10H7Cl2NO. The first-order chi connectivity index (χ1) is 6.58. The summed E-state index contributed by atoms with van der Waals surface area (Å²) in [6.07, 6.45) is 0. The average Bonchev–Trinajstić information content (AvgIpc) is 2.11. The van der Waals surface area contributed by atoms with E-state index in [1.54, 1.807) is 25.1 Å². The van der Waals surface area contributed by atoms with E-state index in [1.165, 1.54) is 0 Å². The highest BCUT2D eigenvalue weighted by molar-refractivity contribution is 6.42. The maximum atomic E-state index is 11.3. The van der Waals surface area contributed by atoms with Crippen LogP contribution in [0.2, 0.25) is 10.0 Å². The number of aromatic nitrogens is 1. The first-order valence-electron chi connectivity index (χ1n) is 4.06. The molecule has 0 saturated carbocycles. The lowest BCUT2D eigenvalue weighted by molar-refractivity contribution is 1.24. The number of aryl methyl sites for hydroxylation is 1. The lowest BCUT2D eigenvalue weighted by Crippen LogP contribution is -2.08. The molecule has 1 aromatic carbocycles. The van der Waals surface area contributed by atoms with E-state index in [2.05, 4.69) is 4.98 Å². The number of aromatic amines is 1. The molecule has 72 valence electrons. The molecule has 0 spiro atoms. The van der Waals surface area contributed by atoms with E-state index >= 15 is 0 Å². The normalized spacial score (nSPS) is 10.8. The Labute approximate surface area is 90.5 Å². The van der Waals surface area contributed by atoms with E-state index in [-0.39, 0.29) is 5.56 Å². The predicted octanol–water partition coefficient (Wildman–Crippen LogP) is 3.14. The second kappa shape index (κ2) is 3.30. The molecule has 0 fully saturated rings. The molecule has 1 heterocycles. The second-order valence-electron chi connectivity index (χ2n) is 3.14. The van der Waals surface area contributed by atoms with Crippen LogP contribution in [0.25, 0.3) is 10.9 Å². The number of fused-ring (bicyclic) bond motifs is 1. The van der Waals surface area contributed by atoms with Crippen LogP contribution in [0.5, 0.6) is 0 Å². The Balaban J connectivity index is 2.90. The average molecular weight is 228 g/mol. The number of halogens is 2. The third kappa shape index (κ3) is 1.51. The molecule has 0 aliphatic heterocycles. The Morgan fingerprint density at radius 1 is 1.14 bits per heavy atom. The van der Waals surface area contributed by atoms with Gasteiger partial charge in [-0.1, -0.05) is 23.2 Å². The van der Waals surface area contributed by atoms with Crippen LogP contribution in [0.4, 0.5) is 0 Å². The van der Waals surface area contributed by atoms with Gasteiger partial charge < -0.3 is 4.98 Å². The molecule has 4 heteroatoms. The summed E-state index contributed by atoms with van der Waals surface area (Å²) < 4.78 is 0. The SMILES string of the molecule is Cc1cc2cc(Cl)c(Cl)cc2[nH]c1=O. The first kappa shape index (κ1) is 9.56. The van der Waals surface area contributed by atoms with Crippen LogP contribution in [0.1, 0.15) is 5.56 Å². The molecule has 2 nitrogen and oxygen atoms in total. The second-order valence-corrected chi connectivity index (χ2v) is 3.95. The van der Waals surface area contributed by atoms with Crippen molar-refractivity contribution >= 4 is 34.1 Å². The topological polar surface area (TPSA) is 32.9 Å². The van der Waals surface area contributed by atoms with Crippen LogP contribution in [-0.2, 0) is 0 Å². The number of rotatable bonds is 0. The molecule has 0 bridgehead atoms. The van der Waals surface area contributed by atoms with Gasteiger partial charge in [-0.05, 0) is 25.1 Å². The summed E-state index contributed by atoms with van der Waals surface area (Å²) in [5.41, 5.74) is 1.27. The van der Waals surface area contributed by atoms with Gasteiger partial charge >= 0.3 is 0 Å². The summed E-state index contributed by atoms with van der Waals surface area (Å²) >= 11 is 11.7. The fraction of sp³-hybridized carbons (Fsp3) is 0.100. The quantitative estimate of drug-likeness (QED) is 0.738. The number of nitrogens with one attached hydrogen (secondary N) is 1. The molecule has 0 atom stereocenters. The van der Waals surface area contributed by atoms with Gasteiger partial charge in [0.05, 0.1) is 10.0 Å². The fourth-order valence-corrected chi connectivity index (χ4v) is 1.65. The maximum Gasteiger partial charge on any atom is 0.251 e. The van der Waals surface area contributed by atoms with Gasteiger partial charge in [0, 0.05) is 16.5 Å². The Hall–Kier alpha value is -0.990. The smallest absolute Gasteiger partial charge is 0.251 e. The van der Waals surface area contributed by atoms with Gasteiger partial charge in [-0.2, -0.15) is 0 Å². The minimum Gasteiger partial charge on any atom is -0.322 e. The Bertz CT molecular complexity index is 560. The lowest BCUT2D eigenvalue weighted by atomic mass is 10.2. The van der Waals surface area contributed by atoms with Crippen LogP contribution in [0.3, 0.4) is 0 Å². The molecule has 1 aromatic heterocycles. The number of benzene rings is 1. The molecule has 0 unspecified atom stereocenters. The van der Waals surface area contributed by atoms with Gasteiger partial charge in [-0.15, -0.1) is 0 Å². The zero-order valence-electron chi connectivity index (χ0n) is 7.40. The van der Waals surface area contributed by atoms with E-state index in [9.17, 15) is 4.79 Å². The molecule has 1 N–H and O–H groups in total. The van der Waals surface area contributed by atoms with Crippen LogP contribution in [-0.4, -0.2) is 4.98 Å². The van der Waals surface area contributed by atoms with Gasteiger partial charge in [0.15, 0.2) is 0 Å². The number of hydrogen-bond donors (Lipinski definition) is 1. The molecule has 0 aliphatic rings. The summed E-state index contributed by atoms with van der Waals surface area (Å²) in [5, 5.41) is 1.82. The molecule has 0 saturated heterocycles. The van der Waals surface area contributed by atoms with E-state index in [0.717, 1.165) is 5.39 Å². The highest BCUT2D eigenvalue weighted by Crippen LogP contribution is 2.26. The molecular weight excluding hydrogens is 221 g/mol. The van der Waals surface area contributed by atoms with Crippen molar-refractivity contribution in [1.29, 1.82) is 0 Å². The lowest BCUT2D eigenvalue weighted by Gasteiger charge is -2.01. The largest absolute Gasteiger partial charge is 0.322 e. The van der Waals surface area contributed by atoms with Gasteiger partial charge in [0.2, 0.25) is 0 Å². The number of pyridine rings is 1. The highest BCUT2D eigenvalue weighted by Gasteiger charge is 2.03. The van der Waals surface area contributed by atoms with Crippen molar-refractivity contribution in [3.05, 3.63) is 44.2 Å². The van der Waals surface area contributed by atoms with Crippen molar-refractivity contribution in [3.63, 3.8) is 0 Å². The summed E-state index contributed by atoms with van der Waals surface area (Å²) in [4.78, 5) is 14.0. The van der Waals surface area contributed by atoms with E-state index in [1.807, 2.05) is 0 Å². The maximum absolute atomic E-state index is 11.3. The van der Waals surface area contributed by atoms with Crippen molar-refractivity contribution in [2.45, 2.75) is 6.92 Å². The Kier molecular flexibility index (Phi) is 2.25. The van der Waals surface area contributed by atoms with Crippen LogP contribution < -0.4 is 5.56 Å². The van der Waals surface area contributed by atoms with Crippen molar-refractivity contribution < 1.29 is 0 Å². The van der Waals surface area contributed by atoms with E-state index < -0.39 is 0 Å². The number of hydrogen-bond acceptors (Lipinski definition) is 1. The van der Waals surface area contributed by atoms with Crippen molar-refractivity contribution in [2.24, 2.45) is 0 Å². The predicted molar refractivity (Wildman–Crippen MR) is 59.3 cm³/mol. The van der Waals surface area contributed by atoms with Gasteiger partial charge in [-0.25, -0.2) is 0 Å². The van der Waals surface area contributed by atoms with Crippen LogP contribution >= 0.6 is 23.2 Å². The molecule has 14 heavy (non-hydrogen) atoms. The summed E-state index contributed by atoms with van der Waals surface area (Å²) in [5.74, 6) is 0.